The van der Waals surface area contributed by atoms with Gasteiger partial charge in [0.2, 0.25) is 0 Å². The molecule has 100 valence electrons. The van der Waals surface area contributed by atoms with E-state index in [9.17, 15) is 5.11 Å². The molecule has 2 aromatic rings. The van der Waals surface area contributed by atoms with E-state index in [1.807, 2.05) is 24.3 Å². The fourth-order valence-corrected chi connectivity index (χ4v) is 2.09. The van der Waals surface area contributed by atoms with Crippen LogP contribution in [0.4, 0.5) is 5.82 Å². The molecule has 0 fully saturated rings. The van der Waals surface area contributed by atoms with Crippen molar-refractivity contribution in [2.45, 2.75) is 25.9 Å². The Balaban J connectivity index is 2.33. The molecule has 19 heavy (non-hydrogen) atoms. The molecule has 0 aliphatic rings. The van der Waals surface area contributed by atoms with Crippen molar-refractivity contribution in [3.63, 3.8) is 0 Å². The predicted molar refractivity (Wildman–Crippen MR) is 78.3 cm³/mol. The fraction of sp³-hybridized carbons (Fsp3) is 0.267. The lowest BCUT2D eigenvalue weighted by Gasteiger charge is -2.14. The largest absolute Gasteiger partial charge is 0.384 e. The lowest BCUT2D eigenvalue weighted by atomic mass is 9.97. The van der Waals surface area contributed by atoms with Gasteiger partial charge in [-0.1, -0.05) is 49.7 Å². The monoisotopic (exact) mass is 276 g/mol. The number of nitrogens with zero attached hydrogens (tertiary/aromatic N) is 1. The van der Waals surface area contributed by atoms with Crippen LogP contribution < -0.4 is 5.73 Å². The van der Waals surface area contributed by atoms with Crippen LogP contribution in [0.5, 0.6) is 0 Å². The summed E-state index contributed by atoms with van der Waals surface area (Å²) in [4.78, 5) is 3.96. The van der Waals surface area contributed by atoms with Gasteiger partial charge in [0.1, 0.15) is 11.9 Å². The van der Waals surface area contributed by atoms with E-state index >= 15 is 0 Å². The number of aromatic nitrogens is 1. The van der Waals surface area contributed by atoms with Gasteiger partial charge in [0, 0.05) is 11.8 Å². The highest BCUT2D eigenvalue weighted by atomic mass is 35.5. The van der Waals surface area contributed by atoms with E-state index < -0.39 is 6.10 Å². The number of hydrogen-bond donors (Lipinski definition) is 2. The zero-order valence-corrected chi connectivity index (χ0v) is 11.7. The zero-order valence-electron chi connectivity index (χ0n) is 11.0. The molecule has 4 heteroatoms. The van der Waals surface area contributed by atoms with E-state index in [2.05, 4.69) is 18.8 Å². The summed E-state index contributed by atoms with van der Waals surface area (Å²) in [6.45, 7) is 4.26. The molecule has 0 bridgehead atoms. The van der Waals surface area contributed by atoms with Gasteiger partial charge in [-0.25, -0.2) is 4.98 Å². The highest BCUT2D eigenvalue weighted by molar-refractivity contribution is 6.30. The first-order valence-corrected chi connectivity index (χ1v) is 6.55. The first-order chi connectivity index (χ1) is 8.99. The molecule has 3 nitrogen and oxygen atoms in total. The Morgan fingerprint density at radius 1 is 1.16 bits per heavy atom. The normalized spacial score (nSPS) is 12.7. The van der Waals surface area contributed by atoms with Gasteiger partial charge in [0.15, 0.2) is 0 Å². The van der Waals surface area contributed by atoms with Crippen molar-refractivity contribution < 1.29 is 5.11 Å². The van der Waals surface area contributed by atoms with Gasteiger partial charge in [-0.05, 0) is 23.1 Å². The second kappa shape index (κ2) is 5.59. The predicted octanol–water partition coefficient (Wildman–Crippen LogP) is 3.52. The van der Waals surface area contributed by atoms with Crippen LogP contribution in [0.25, 0.3) is 0 Å². The van der Waals surface area contributed by atoms with Crippen LogP contribution in [0.15, 0.2) is 36.5 Å². The van der Waals surface area contributed by atoms with E-state index in [4.69, 9.17) is 17.3 Å². The summed E-state index contributed by atoms with van der Waals surface area (Å²) in [5.74, 6) is 0.758. The molecule has 1 aromatic heterocycles. The van der Waals surface area contributed by atoms with E-state index in [1.165, 1.54) is 11.8 Å². The number of rotatable bonds is 3. The third kappa shape index (κ3) is 3.06. The summed E-state index contributed by atoms with van der Waals surface area (Å²) in [7, 11) is 0. The van der Waals surface area contributed by atoms with Gasteiger partial charge in [-0.2, -0.15) is 0 Å². The third-order valence-corrected chi connectivity index (χ3v) is 3.34. The third-order valence-electron chi connectivity index (χ3n) is 3.13. The number of hydrogen-bond acceptors (Lipinski definition) is 3. The first-order valence-electron chi connectivity index (χ1n) is 6.18. The Hall–Kier alpha value is -1.58. The van der Waals surface area contributed by atoms with Crippen molar-refractivity contribution in [1.29, 1.82) is 0 Å². The maximum atomic E-state index is 10.3. The summed E-state index contributed by atoms with van der Waals surface area (Å²) >= 11 is 5.89. The van der Waals surface area contributed by atoms with Crippen molar-refractivity contribution in [3.05, 3.63) is 58.2 Å². The Morgan fingerprint density at radius 2 is 1.74 bits per heavy atom. The molecular formula is C15H17ClN2O. The number of anilines is 1. The number of nitrogens with two attached hydrogens (primary N) is 1. The summed E-state index contributed by atoms with van der Waals surface area (Å²) in [6.07, 6.45) is 0.655. The Bertz CT molecular complexity index is 567. The van der Waals surface area contributed by atoms with Crippen LogP contribution in [-0.2, 0) is 0 Å². The van der Waals surface area contributed by atoms with E-state index in [0.29, 0.717) is 22.3 Å². The average molecular weight is 277 g/mol. The maximum Gasteiger partial charge on any atom is 0.129 e. The fourth-order valence-electron chi connectivity index (χ4n) is 1.93. The average Bonchev–Trinajstić information content (AvgIpc) is 2.41. The van der Waals surface area contributed by atoms with Gasteiger partial charge < -0.3 is 10.8 Å². The van der Waals surface area contributed by atoms with Gasteiger partial charge in [-0.3, -0.25) is 0 Å². The number of pyridine rings is 1. The minimum atomic E-state index is -0.813. The number of benzene rings is 1. The highest BCUT2D eigenvalue weighted by Gasteiger charge is 2.15. The molecule has 0 saturated carbocycles. The lowest BCUT2D eigenvalue weighted by Crippen LogP contribution is -2.05. The van der Waals surface area contributed by atoms with E-state index in [-0.39, 0.29) is 0 Å². The molecule has 1 aromatic carbocycles. The van der Waals surface area contributed by atoms with Crippen LogP contribution in [0.2, 0.25) is 5.02 Å². The second-order valence-corrected chi connectivity index (χ2v) is 5.29. The first kappa shape index (κ1) is 13.8. The summed E-state index contributed by atoms with van der Waals surface area (Å²) in [5.41, 5.74) is 8.32. The van der Waals surface area contributed by atoms with E-state index in [0.717, 1.165) is 5.56 Å². The Kier molecular flexibility index (Phi) is 4.08. The molecule has 0 aliphatic carbocycles. The molecule has 3 N–H and O–H groups in total. The van der Waals surface area contributed by atoms with Gasteiger partial charge >= 0.3 is 0 Å². The maximum absolute atomic E-state index is 10.3. The lowest BCUT2D eigenvalue weighted by molar-refractivity contribution is 0.220. The number of nitrogen functional groups attached to an aromatic ring is 1. The molecule has 0 saturated heterocycles. The quantitative estimate of drug-likeness (QED) is 0.902. The molecule has 0 amide bonds. The molecule has 1 atom stereocenters. The molecule has 0 radical (unpaired) electrons. The minimum Gasteiger partial charge on any atom is -0.384 e. The van der Waals surface area contributed by atoms with Gasteiger partial charge in [0.05, 0.1) is 5.02 Å². The number of aliphatic hydroxyl groups excluding tert-OH is 1. The van der Waals surface area contributed by atoms with Crippen LogP contribution in [0, 0.1) is 0 Å². The number of aliphatic hydroxyl groups is 1. The van der Waals surface area contributed by atoms with Crippen LogP contribution in [0.1, 0.15) is 42.6 Å². The smallest absolute Gasteiger partial charge is 0.129 e. The Labute approximate surface area is 118 Å². The van der Waals surface area contributed by atoms with Crippen molar-refractivity contribution >= 4 is 17.4 Å². The SMILES string of the molecule is CC(C)c1ccc(C(O)c2cc(Cl)cnc2N)cc1. The van der Waals surface area contributed by atoms with E-state index in [1.54, 1.807) is 6.07 Å². The molecule has 2 rings (SSSR count). The van der Waals surface area contributed by atoms with Crippen LogP contribution in [0.3, 0.4) is 0 Å². The topological polar surface area (TPSA) is 59.1 Å². The molecular weight excluding hydrogens is 260 g/mol. The Morgan fingerprint density at radius 3 is 2.32 bits per heavy atom. The second-order valence-electron chi connectivity index (χ2n) is 4.85. The standard InChI is InChI=1S/C15H17ClN2O/c1-9(2)10-3-5-11(6-4-10)14(19)13-7-12(16)8-18-15(13)17/h3-9,14,19H,1-2H3,(H2,17,18). The van der Waals surface area contributed by atoms with Crippen LogP contribution in [-0.4, -0.2) is 10.1 Å². The molecule has 0 spiro atoms. The van der Waals surface area contributed by atoms with Crippen molar-refractivity contribution in [2.24, 2.45) is 0 Å². The molecule has 1 unspecified atom stereocenters. The minimum absolute atomic E-state index is 0.296. The van der Waals surface area contributed by atoms with Gasteiger partial charge in [-0.15, -0.1) is 0 Å². The van der Waals surface area contributed by atoms with Gasteiger partial charge in [0.25, 0.3) is 0 Å². The molecule has 1 heterocycles. The van der Waals surface area contributed by atoms with Crippen LogP contribution >= 0.6 is 11.6 Å². The highest BCUT2D eigenvalue weighted by Crippen LogP contribution is 2.28. The summed E-state index contributed by atoms with van der Waals surface area (Å²) in [5, 5.41) is 10.8. The molecule has 0 aliphatic heterocycles. The van der Waals surface area contributed by atoms with Crippen molar-refractivity contribution in [3.8, 4) is 0 Å². The zero-order chi connectivity index (χ0) is 14.0. The summed E-state index contributed by atoms with van der Waals surface area (Å²) in [6, 6.07) is 9.47. The van der Waals surface area contributed by atoms with Crippen molar-refractivity contribution in [1.82, 2.24) is 4.98 Å². The van der Waals surface area contributed by atoms with Crippen molar-refractivity contribution in [2.75, 3.05) is 5.73 Å². The number of halogens is 1. The summed E-state index contributed by atoms with van der Waals surface area (Å²) < 4.78 is 0.